The molecular formula is C17H14BrClN4OS. The number of hydrogen-bond acceptors (Lipinski definition) is 4. The molecule has 0 spiro atoms. The first kappa shape index (κ1) is 18.0. The number of carbonyl (C=O) groups excluding carboxylic acids is 1. The average Bonchev–Trinajstić information content (AvgIpc) is 2.98. The lowest BCUT2D eigenvalue weighted by Gasteiger charge is -2.11. The van der Waals surface area contributed by atoms with E-state index in [0.717, 1.165) is 16.1 Å². The van der Waals surface area contributed by atoms with Crippen molar-refractivity contribution < 1.29 is 4.79 Å². The van der Waals surface area contributed by atoms with Crippen LogP contribution in [-0.2, 0) is 0 Å². The quantitative estimate of drug-likeness (QED) is 0.586. The van der Waals surface area contributed by atoms with Crippen LogP contribution in [0.25, 0.3) is 5.82 Å². The van der Waals surface area contributed by atoms with Gasteiger partial charge in [-0.3, -0.25) is 4.79 Å². The Labute approximate surface area is 162 Å². The van der Waals surface area contributed by atoms with Gasteiger partial charge < -0.3 is 5.32 Å². The van der Waals surface area contributed by atoms with Crippen LogP contribution in [0.5, 0.6) is 0 Å². The molecule has 0 saturated heterocycles. The number of nitrogens with zero attached hydrogens (tertiary/aromatic N) is 3. The van der Waals surface area contributed by atoms with Crippen LogP contribution in [0.4, 0.5) is 5.69 Å². The monoisotopic (exact) mass is 436 g/mol. The fourth-order valence-electron chi connectivity index (χ4n) is 2.30. The molecule has 1 aromatic carbocycles. The van der Waals surface area contributed by atoms with Crippen molar-refractivity contribution in [1.29, 1.82) is 0 Å². The number of rotatable bonds is 4. The van der Waals surface area contributed by atoms with Crippen LogP contribution in [-0.4, -0.2) is 26.9 Å². The molecule has 2 aromatic heterocycles. The summed E-state index contributed by atoms with van der Waals surface area (Å²) >= 11 is 11.2. The molecule has 8 heteroatoms. The fraction of sp³-hybridized carbons (Fsp3) is 0.118. The SMILES string of the molecule is CSc1ccc(NC(=O)c2cc(Br)nn2-c2ncccc2Cl)c(C)c1. The summed E-state index contributed by atoms with van der Waals surface area (Å²) < 4.78 is 1.95. The molecule has 25 heavy (non-hydrogen) atoms. The number of carbonyl (C=O) groups is 1. The maximum Gasteiger partial charge on any atom is 0.274 e. The lowest BCUT2D eigenvalue weighted by atomic mass is 10.2. The average molecular weight is 438 g/mol. The number of anilines is 1. The van der Waals surface area contributed by atoms with Gasteiger partial charge in [-0.25, -0.2) is 9.67 Å². The second-order valence-corrected chi connectivity index (χ2v) is 7.31. The predicted octanol–water partition coefficient (Wildman–Crippen LogP) is 4.97. The predicted molar refractivity (Wildman–Crippen MR) is 105 cm³/mol. The molecule has 0 fully saturated rings. The Hall–Kier alpha value is -1.83. The van der Waals surface area contributed by atoms with Gasteiger partial charge in [-0.15, -0.1) is 11.8 Å². The summed E-state index contributed by atoms with van der Waals surface area (Å²) in [6, 6.07) is 10.9. The summed E-state index contributed by atoms with van der Waals surface area (Å²) in [5, 5.41) is 7.61. The Balaban J connectivity index is 1.95. The fourth-order valence-corrected chi connectivity index (χ4v) is 3.37. The molecule has 0 unspecified atom stereocenters. The second-order valence-electron chi connectivity index (χ2n) is 5.21. The first-order valence-electron chi connectivity index (χ1n) is 7.32. The third-order valence-electron chi connectivity index (χ3n) is 3.53. The number of halogens is 2. The zero-order valence-electron chi connectivity index (χ0n) is 13.5. The minimum absolute atomic E-state index is 0.292. The molecule has 3 rings (SSSR count). The van der Waals surface area contributed by atoms with Crippen molar-refractivity contribution in [3.05, 3.63) is 63.5 Å². The topological polar surface area (TPSA) is 59.8 Å². The van der Waals surface area contributed by atoms with E-state index in [9.17, 15) is 4.79 Å². The van der Waals surface area contributed by atoms with Gasteiger partial charge in [-0.05, 0) is 65.0 Å². The van der Waals surface area contributed by atoms with E-state index >= 15 is 0 Å². The molecule has 0 saturated carbocycles. The van der Waals surface area contributed by atoms with E-state index in [1.54, 1.807) is 36.2 Å². The third kappa shape index (κ3) is 3.89. The van der Waals surface area contributed by atoms with Gasteiger partial charge in [0.05, 0.1) is 5.02 Å². The van der Waals surface area contributed by atoms with Crippen LogP contribution in [0.15, 0.2) is 52.1 Å². The van der Waals surface area contributed by atoms with Gasteiger partial charge in [-0.1, -0.05) is 11.6 Å². The number of amides is 1. The summed E-state index contributed by atoms with van der Waals surface area (Å²) in [5.74, 6) is 0.106. The minimum Gasteiger partial charge on any atom is -0.320 e. The smallest absolute Gasteiger partial charge is 0.274 e. The zero-order valence-corrected chi connectivity index (χ0v) is 16.6. The summed E-state index contributed by atoms with van der Waals surface area (Å²) in [7, 11) is 0. The van der Waals surface area contributed by atoms with E-state index in [2.05, 4.69) is 31.3 Å². The van der Waals surface area contributed by atoms with Gasteiger partial charge in [0.1, 0.15) is 10.3 Å². The summed E-state index contributed by atoms with van der Waals surface area (Å²) in [6.07, 6.45) is 3.61. The van der Waals surface area contributed by atoms with Gasteiger partial charge in [-0.2, -0.15) is 5.10 Å². The van der Waals surface area contributed by atoms with Crippen molar-refractivity contribution in [2.24, 2.45) is 0 Å². The molecule has 0 aliphatic carbocycles. The number of thioether (sulfide) groups is 1. The van der Waals surface area contributed by atoms with E-state index in [-0.39, 0.29) is 5.91 Å². The standard InChI is InChI=1S/C17H14BrClN4OS/c1-10-8-11(25-2)5-6-13(10)21-17(24)14-9-15(18)22-23(14)16-12(19)4-3-7-20-16/h3-9H,1-2H3,(H,21,24). The Morgan fingerprint density at radius 3 is 2.80 bits per heavy atom. The highest BCUT2D eigenvalue weighted by atomic mass is 79.9. The Morgan fingerprint density at radius 1 is 1.32 bits per heavy atom. The van der Waals surface area contributed by atoms with E-state index < -0.39 is 0 Å². The summed E-state index contributed by atoms with van der Waals surface area (Å²) in [4.78, 5) is 18.1. The van der Waals surface area contributed by atoms with Crippen molar-refractivity contribution in [2.45, 2.75) is 11.8 Å². The van der Waals surface area contributed by atoms with Crippen LogP contribution in [0.1, 0.15) is 16.1 Å². The largest absolute Gasteiger partial charge is 0.320 e. The molecule has 1 N–H and O–H groups in total. The van der Waals surface area contributed by atoms with E-state index in [4.69, 9.17) is 11.6 Å². The number of hydrogen-bond donors (Lipinski definition) is 1. The van der Waals surface area contributed by atoms with Crippen LogP contribution in [0.2, 0.25) is 5.02 Å². The number of aryl methyl sites for hydroxylation is 1. The molecule has 0 aliphatic heterocycles. The molecule has 0 bridgehead atoms. The van der Waals surface area contributed by atoms with Gasteiger partial charge in [0.25, 0.3) is 5.91 Å². The molecule has 3 aromatic rings. The Kier molecular flexibility index (Phi) is 5.46. The molecular weight excluding hydrogens is 424 g/mol. The highest BCUT2D eigenvalue weighted by molar-refractivity contribution is 9.10. The Bertz CT molecular complexity index is 944. The number of pyridine rings is 1. The maximum absolute atomic E-state index is 12.8. The van der Waals surface area contributed by atoms with Gasteiger partial charge in [0.2, 0.25) is 0 Å². The zero-order chi connectivity index (χ0) is 18.0. The molecule has 1 amide bonds. The first-order chi connectivity index (χ1) is 12.0. The lowest BCUT2D eigenvalue weighted by molar-refractivity contribution is 0.101. The molecule has 0 atom stereocenters. The van der Waals surface area contributed by atoms with Gasteiger partial charge in [0.15, 0.2) is 5.82 Å². The van der Waals surface area contributed by atoms with Crippen molar-refractivity contribution in [1.82, 2.24) is 14.8 Å². The Morgan fingerprint density at radius 2 is 2.12 bits per heavy atom. The van der Waals surface area contributed by atoms with Crippen molar-refractivity contribution >= 4 is 50.9 Å². The molecule has 5 nitrogen and oxygen atoms in total. The van der Waals surface area contributed by atoms with Crippen molar-refractivity contribution in [3.8, 4) is 5.82 Å². The molecule has 0 radical (unpaired) electrons. The van der Waals surface area contributed by atoms with Crippen molar-refractivity contribution in [2.75, 3.05) is 11.6 Å². The molecule has 0 aliphatic rings. The van der Waals surface area contributed by atoms with Gasteiger partial charge in [0, 0.05) is 22.8 Å². The highest BCUT2D eigenvalue weighted by Gasteiger charge is 2.19. The third-order valence-corrected chi connectivity index (χ3v) is 4.94. The van der Waals surface area contributed by atoms with Crippen LogP contribution in [0.3, 0.4) is 0 Å². The minimum atomic E-state index is -0.292. The van der Waals surface area contributed by atoms with Crippen molar-refractivity contribution in [3.63, 3.8) is 0 Å². The van der Waals surface area contributed by atoms with Crippen LogP contribution < -0.4 is 5.32 Å². The summed E-state index contributed by atoms with van der Waals surface area (Å²) in [5.41, 5.74) is 2.07. The van der Waals surface area contributed by atoms with E-state index in [0.29, 0.717) is 21.1 Å². The normalized spacial score (nSPS) is 10.7. The second kappa shape index (κ2) is 7.59. The van der Waals surface area contributed by atoms with Gasteiger partial charge >= 0.3 is 0 Å². The lowest BCUT2D eigenvalue weighted by Crippen LogP contribution is -2.18. The van der Waals surface area contributed by atoms with E-state index in [1.165, 1.54) is 4.68 Å². The first-order valence-corrected chi connectivity index (χ1v) is 9.71. The number of benzene rings is 1. The van der Waals surface area contributed by atoms with E-state index in [1.807, 2.05) is 31.4 Å². The molecule has 128 valence electrons. The highest BCUT2D eigenvalue weighted by Crippen LogP contribution is 2.25. The number of aromatic nitrogens is 3. The maximum atomic E-state index is 12.8. The van der Waals surface area contributed by atoms with Crippen LogP contribution in [0, 0.1) is 6.92 Å². The number of nitrogens with one attached hydrogen (secondary N) is 1. The molecule has 2 heterocycles. The summed E-state index contributed by atoms with van der Waals surface area (Å²) in [6.45, 7) is 1.96. The van der Waals surface area contributed by atoms with Crippen LogP contribution >= 0.6 is 39.3 Å².